The van der Waals surface area contributed by atoms with Crippen molar-refractivity contribution < 1.29 is 9.53 Å². The van der Waals surface area contributed by atoms with E-state index in [-0.39, 0.29) is 5.97 Å². The molecule has 138 valence electrons. The van der Waals surface area contributed by atoms with Gasteiger partial charge in [-0.3, -0.25) is 9.48 Å². The molecule has 0 aliphatic carbocycles. The number of aryl methyl sites for hydroxylation is 2. The Morgan fingerprint density at radius 1 is 1.00 bits per heavy atom. The Morgan fingerprint density at radius 3 is 2.42 bits per heavy atom. The van der Waals surface area contributed by atoms with Crippen LogP contribution in [-0.4, -0.2) is 27.6 Å². The number of ether oxygens (including phenoxy) is 1. The minimum absolute atomic E-state index is 0.105. The fourth-order valence-electron chi connectivity index (χ4n) is 2.78. The summed E-state index contributed by atoms with van der Waals surface area (Å²) >= 11 is 0. The van der Waals surface area contributed by atoms with Crippen molar-refractivity contribution in [3.63, 3.8) is 0 Å². The summed E-state index contributed by atoms with van der Waals surface area (Å²) < 4.78 is 6.81. The molecule has 0 unspecified atom stereocenters. The lowest BCUT2D eigenvalue weighted by atomic mass is 10.1. The molecule has 1 rings (SSSR count). The number of esters is 1. The highest BCUT2D eigenvalue weighted by atomic mass is 16.5. The van der Waals surface area contributed by atoms with Gasteiger partial charge in [0.2, 0.25) is 0 Å². The number of hydrogen-bond acceptors (Lipinski definition) is 4. The quantitative estimate of drug-likeness (QED) is 0.344. The van der Waals surface area contributed by atoms with Crippen LogP contribution in [-0.2, 0) is 22.5 Å². The van der Waals surface area contributed by atoms with Crippen molar-refractivity contribution in [3.05, 3.63) is 11.9 Å². The lowest BCUT2D eigenvalue weighted by Crippen LogP contribution is -2.05. The van der Waals surface area contributed by atoms with Crippen LogP contribution < -0.4 is 0 Å². The van der Waals surface area contributed by atoms with Crippen LogP contribution in [0.5, 0.6) is 0 Å². The first kappa shape index (κ1) is 20.7. The maximum atomic E-state index is 11.2. The molecule has 0 radical (unpaired) electrons. The first-order chi connectivity index (χ1) is 11.8. The first-order valence-electron chi connectivity index (χ1n) is 9.80. The molecule has 0 aliphatic rings. The molecule has 0 saturated carbocycles. The number of rotatable bonds is 15. The third kappa shape index (κ3) is 10.4. The summed E-state index contributed by atoms with van der Waals surface area (Å²) in [6.45, 7) is 5.38. The number of unbranched alkanes of at least 4 members (excludes halogenated alkanes) is 8. The molecule has 0 aliphatic heterocycles. The number of aromatic nitrogens is 3. The van der Waals surface area contributed by atoms with Gasteiger partial charge in [-0.1, -0.05) is 57.1 Å². The molecule has 1 heterocycles. The maximum absolute atomic E-state index is 11.2. The molecular formula is C19H35N3O2. The number of carbonyl (C=O) groups excluding carboxylic acids is 1. The van der Waals surface area contributed by atoms with Gasteiger partial charge in [0, 0.05) is 19.2 Å². The molecule has 0 saturated heterocycles. The fourth-order valence-corrected chi connectivity index (χ4v) is 2.78. The Morgan fingerprint density at radius 2 is 1.71 bits per heavy atom. The van der Waals surface area contributed by atoms with Gasteiger partial charge in [0.25, 0.3) is 0 Å². The lowest BCUT2D eigenvalue weighted by Gasteiger charge is -2.02. The second-order valence-corrected chi connectivity index (χ2v) is 6.46. The summed E-state index contributed by atoms with van der Waals surface area (Å²) in [4.78, 5) is 11.2. The van der Waals surface area contributed by atoms with Crippen LogP contribution in [0.3, 0.4) is 0 Å². The van der Waals surface area contributed by atoms with Gasteiger partial charge in [-0.05, 0) is 32.6 Å². The van der Waals surface area contributed by atoms with Crippen molar-refractivity contribution >= 4 is 5.97 Å². The van der Waals surface area contributed by atoms with Crippen LogP contribution in [0.4, 0.5) is 0 Å². The van der Waals surface area contributed by atoms with Gasteiger partial charge in [-0.2, -0.15) is 0 Å². The average molecular weight is 338 g/mol. The molecule has 0 aromatic carbocycles. The van der Waals surface area contributed by atoms with Gasteiger partial charge in [-0.25, -0.2) is 0 Å². The highest BCUT2D eigenvalue weighted by molar-refractivity contribution is 5.69. The zero-order valence-corrected chi connectivity index (χ0v) is 15.6. The molecule has 0 atom stereocenters. The monoisotopic (exact) mass is 337 g/mol. The topological polar surface area (TPSA) is 57.0 Å². The van der Waals surface area contributed by atoms with Crippen molar-refractivity contribution in [3.8, 4) is 0 Å². The molecule has 0 N–H and O–H groups in total. The first-order valence-corrected chi connectivity index (χ1v) is 9.80. The summed E-state index contributed by atoms with van der Waals surface area (Å²) in [5.41, 5.74) is 1.09. The molecule has 0 bridgehead atoms. The number of hydrogen-bond donors (Lipinski definition) is 0. The third-order valence-corrected chi connectivity index (χ3v) is 4.20. The van der Waals surface area contributed by atoms with E-state index in [1.54, 1.807) is 0 Å². The van der Waals surface area contributed by atoms with E-state index < -0.39 is 0 Å². The van der Waals surface area contributed by atoms with Crippen LogP contribution in [0.2, 0.25) is 0 Å². The van der Waals surface area contributed by atoms with E-state index in [1.807, 2.05) is 17.8 Å². The van der Waals surface area contributed by atoms with Crippen LogP contribution in [0.1, 0.15) is 90.2 Å². The van der Waals surface area contributed by atoms with Crippen molar-refractivity contribution in [2.45, 2.75) is 97.4 Å². The molecule has 0 spiro atoms. The highest BCUT2D eigenvalue weighted by Gasteiger charge is 2.03. The van der Waals surface area contributed by atoms with E-state index >= 15 is 0 Å². The fraction of sp³-hybridized carbons (Fsp3) is 0.842. The zero-order valence-electron chi connectivity index (χ0n) is 15.6. The SMILES string of the molecule is CCCCCCCCCCc1cn(CCCCC(=O)OCC)nn1. The van der Waals surface area contributed by atoms with Gasteiger partial charge in [0.05, 0.1) is 12.3 Å². The highest BCUT2D eigenvalue weighted by Crippen LogP contribution is 2.10. The molecule has 0 amide bonds. The Kier molecular flexibility index (Phi) is 12.0. The standard InChI is InChI=1S/C19H35N3O2/c1-3-5-6-7-8-9-10-11-14-18-17-22(21-20-18)16-13-12-15-19(23)24-4-2/h17H,3-16H2,1-2H3. The number of carbonyl (C=O) groups is 1. The predicted octanol–water partition coefficient (Wildman–Crippen LogP) is 4.69. The van der Waals surface area contributed by atoms with Crippen LogP contribution in [0.25, 0.3) is 0 Å². The van der Waals surface area contributed by atoms with E-state index in [0.717, 1.165) is 31.5 Å². The molecular weight excluding hydrogens is 302 g/mol. The Bertz CT molecular complexity index is 432. The van der Waals surface area contributed by atoms with Crippen molar-refractivity contribution in [2.75, 3.05) is 6.61 Å². The Balaban J connectivity index is 2.02. The Labute approximate surface area is 147 Å². The van der Waals surface area contributed by atoms with Gasteiger partial charge < -0.3 is 4.74 Å². The van der Waals surface area contributed by atoms with Crippen molar-refractivity contribution in [2.24, 2.45) is 0 Å². The summed E-state index contributed by atoms with van der Waals surface area (Å²) in [5, 5.41) is 8.41. The van der Waals surface area contributed by atoms with Gasteiger partial charge in [-0.15, -0.1) is 5.10 Å². The smallest absolute Gasteiger partial charge is 0.305 e. The molecule has 1 aromatic rings. The molecule has 24 heavy (non-hydrogen) atoms. The van der Waals surface area contributed by atoms with Crippen LogP contribution in [0, 0.1) is 0 Å². The maximum Gasteiger partial charge on any atom is 0.305 e. The van der Waals surface area contributed by atoms with Gasteiger partial charge in [0.1, 0.15) is 0 Å². The summed E-state index contributed by atoms with van der Waals surface area (Å²) in [7, 11) is 0. The second-order valence-electron chi connectivity index (χ2n) is 6.46. The summed E-state index contributed by atoms with van der Waals surface area (Å²) in [5.74, 6) is -0.105. The largest absolute Gasteiger partial charge is 0.466 e. The normalized spacial score (nSPS) is 10.9. The van der Waals surface area contributed by atoms with Gasteiger partial charge in [0.15, 0.2) is 0 Å². The van der Waals surface area contributed by atoms with Crippen molar-refractivity contribution in [1.82, 2.24) is 15.0 Å². The third-order valence-electron chi connectivity index (χ3n) is 4.20. The minimum atomic E-state index is -0.105. The van der Waals surface area contributed by atoms with Gasteiger partial charge >= 0.3 is 5.97 Å². The van der Waals surface area contributed by atoms with E-state index in [1.165, 1.54) is 51.4 Å². The molecule has 5 nitrogen and oxygen atoms in total. The molecule has 1 aromatic heterocycles. The zero-order chi connectivity index (χ0) is 17.5. The lowest BCUT2D eigenvalue weighted by molar-refractivity contribution is -0.143. The average Bonchev–Trinajstić information content (AvgIpc) is 3.02. The molecule has 0 fully saturated rings. The Hall–Kier alpha value is -1.39. The van der Waals surface area contributed by atoms with E-state index in [9.17, 15) is 4.79 Å². The van der Waals surface area contributed by atoms with Crippen LogP contribution >= 0.6 is 0 Å². The van der Waals surface area contributed by atoms with Crippen molar-refractivity contribution in [1.29, 1.82) is 0 Å². The second kappa shape index (κ2) is 14.0. The predicted molar refractivity (Wildman–Crippen MR) is 96.8 cm³/mol. The van der Waals surface area contributed by atoms with E-state index in [2.05, 4.69) is 17.2 Å². The summed E-state index contributed by atoms with van der Waals surface area (Å²) in [6, 6.07) is 0. The molecule has 5 heteroatoms. The van der Waals surface area contributed by atoms with Crippen LogP contribution in [0.15, 0.2) is 6.20 Å². The van der Waals surface area contributed by atoms with E-state index in [4.69, 9.17) is 4.74 Å². The number of nitrogens with zero attached hydrogens (tertiary/aromatic N) is 3. The van der Waals surface area contributed by atoms with E-state index in [0.29, 0.717) is 13.0 Å². The minimum Gasteiger partial charge on any atom is -0.466 e. The summed E-state index contributed by atoms with van der Waals surface area (Å²) in [6.07, 6.45) is 16.0.